The highest BCUT2D eigenvalue weighted by Crippen LogP contribution is 2.25. The highest BCUT2D eigenvalue weighted by Gasteiger charge is 2.14. The van der Waals surface area contributed by atoms with Crippen molar-refractivity contribution >= 4 is 35.1 Å². The minimum absolute atomic E-state index is 0.149. The minimum atomic E-state index is -0.149. The molecule has 1 heterocycles. The van der Waals surface area contributed by atoms with Gasteiger partial charge in [-0.15, -0.1) is 0 Å². The second-order valence-corrected chi connectivity index (χ2v) is 7.22. The van der Waals surface area contributed by atoms with Crippen LogP contribution in [0, 0.1) is 0 Å². The van der Waals surface area contributed by atoms with Gasteiger partial charge in [0.1, 0.15) is 5.75 Å². The molecule has 0 bridgehead atoms. The standard InChI is InChI=1S/C21H21Cl2NO2/c1-26-21-9-5-15(12-16(21)14-24-10-2-3-11-24)4-8-20(25)18-7-6-17(22)13-19(18)23/h4-9,12-13H,2-3,10-11,14H2,1H3/b8-4+. The lowest BCUT2D eigenvalue weighted by atomic mass is 10.1. The number of hydrogen-bond donors (Lipinski definition) is 0. The van der Waals surface area contributed by atoms with Crippen molar-refractivity contribution in [3.63, 3.8) is 0 Å². The van der Waals surface area contributed by atoms with Gasteiger partial charge in [-0.25, -0.2) is 0 Å². The lowest BCUT2D eigenvalue weighted by molar-refractivity contribution is 0.104. The van der Waals surface area contributed by atoms with E-state index in [0.29, 0.717) is 15.6 Å². The van der Waals surface area contributed by atoms with Gasteiger partial charge in [0.2, 0.25) is 0 Å². The van der Waals surface area contributed by atoms with Crippen LogP contribution in [0.1, 0.15) is 34.3 Å². The summed E-state index contributed by atoms with van der Waals surface area (Å²) >= 11 is 12.0. The number of halogens is 2. The summed E-state index contributed by atoms with van der Waals surface area (Å²) in [6.07, 6.45) is 5.84. The third kappa shape index (κ3) is 4.67. The Morgan fingerprint density at radius 3 is 2.62 bits per heavy atom. The first-order valence-electron chi connectivity index (χ1n) is 8.63. The normalized spacial score (nSPS) is 14.9. The first-order chi connectivity index (χ1) is 12.6. The third-order valence-corrected chi connectivity index (χ3v) is 5.07. The number of methoxy groups -OCH3 is 1. The monoisotopic (exact) mass is 389 g/mol. The number of ketones is 1. The Morgan fingerprint density at radius 2 is 1.92 bits per heavy atom. The van der Waals surface area contributed by atoms with Gasteiger partial charge in [0, 0.05) is 22.7 Å². The van der Waals surface area contributed by atoms with E-state index >= 15 is 0 Å². The van der Waals surface area contributed by atoms with Crippen LogP contribution in [0.5, 0.6) is 5.75 Å². The highest BCUT2D eigenvalue weighted by molar-refractivity contribution is 6.37. The smallest absolute Gasteiger partial charge is 0.187 e. The number of likely N-dealkylation sites (tertiary alicyclic amines) is 1. The highest BCUT2D eigenvalue weighted by atomic mass is 35.5. The van der Waals surface area contributed by atoms with Crippen LogP contribution in [0.4, 0.5) is 0 Å². The summed E-state index contributed by atoms with van der Waals surface area (Å²) in [5.41, 5.74) is 2.53. The first kappa shape index (κ1) is 19.0. The van der Waals surface area contributed by atoms with Crippen LogP contribution in [0.25, 0.3) is 6.08 Å². The van der Waals surface area contributed by atoms with Crippen molar-refractivity contribution in [1.29, 1.82) is 0 Å². The van der Waals surface area contributed by atoms with E-state index in [1.807, 2.05) is 12.1 Å². The molecule has 1 saturated heterocycles. The van der Waals surface area contributed by atoms with Gasteiger partial charge in [-0.05, 0) is 67.9 Å². The Balaban J connectivity index is 1.77. The molecule has 0 unspecified atom stereocenters. The van der Waals surface area contributed by atoms with Gasteiger partial charge in [-0.2, -0.15) is 0 Å². The van der Waals surface area contributed by atoms with Gasteiger partial charge in [0.15, 0.2) is 5.78 Å². The second kappa shape index (κ2) is 8.72. The number of ether oxygens (including phenoxy) is 1. The number of benzene rings is 2. The maximum absolute atomic E-state index is 12.4. The number of nitrogens with zero attached hydrogens (tertiary/aromatic N) is 1. The Hall–Kier alpha value is -1.81. The van der Waals surface area contributed by atoms with E-state index in [2.05, 4.69) is 11.0 Å². The maximum atomic E-state index is 12.4. The van der Waals surface area contributed by atoms with Crippen molar-refractivity contribution in [3.8, 4) is 5.75 Å². The van der Waals surface area contributed by atoms with Crippen molar-refractivity contribution in [2.45, 2.75) is 19.4 Å². The SMILES string of the molecule is COc1ccc(/C=C/C(=O)c2ccc(Cl)cc2Cl)cc1CN1CCCC1. The van der Waals surface area contributed by atoms with E-state index in [4.69, 9.17) is 27.9 Å². The molecule has 1 aliphatic heterocycles. The molecule has 3 nitrogen and oxygen atoms in total. The maximum Gasteiger partial charge on any atom is 0.187 e. The van der Waals surface area contributed by atoms with E-state index in [1.54, 1.807) is 31.4 Å². The number of carbonyl (C=O) groups excluding carboxylic acids is 1. The van der Waals surface area contributed by atoms with Crippen LogP contribution >= 0.6 is 23.2 Å². The quantitative estimate of drug-likeness (QED) is 0.482. The number of rotatable bonds is 6. The first-order valence-corrected chi connectivity index (χ1v) is 9.39. The summed E-state index contributed by atoms with van der Waals surface area (Å²) in [5.74, 6) is 0.727. The molecule has 0 atom stereocenters. The zero-order valence-corrected chi connectivity index (χ0v) is 16.2. The molecule has 0 aromatic heterocycles. The summed E-state index contributed by atoms with van der Waals surface area (Å²) in [7, 11) is 1.68. The Labute approximate surface area is 164 Å². The summed E-state index contributed by atoms with van der Waals surface area (Å²) in [5, 5.41) is 0.869. The fourth-order valence-electron chi connectivity index (χ4n) is 3.16. The average molecular weight is 390 g/mol. The van der Waals surface area contributed by atoms with Crippen molar-refractivity contribution in [1.82, 2.24) is 4.90 Å². The molecule has 26 heavy (non-hydrogen) atoms. The van der Waals surface area contributed by atoms with Gasteiger partial charge >= 0.3 is 0 Å². The van der Waals surface area contributed by atoms with E-state index in [0.717, 1.165) is 36.5 Å². The van der Waals surface area contributed by atoms with Gasteiger partial charge < -0.3 is 4.74 Å². The van der Waals surface area contributed by atoms with E-state index in [1.165, 1.54) is 18.9 Å². The van der Waals surface area contributed by atoms with E-state index in [9.17, 15) is 4.79 Å². The van der Waals surface area contributed by atoms with Crippen molar-refractivity contribution in [3.05, 3.63) is 69.2 Å². The Morgan fingerprint density at radius 1 is 1.15 bits per heavy atom. The zero-order valence-electron chi connectivity index (χ0n) is 14.7. The van der Waals surface area contributed by atoms with Crippen LogP contribution in [0.3, 0.4) is 0 Å². The fraction of sp³-hybridized carbons (Fsp3) is 0.286. The molecule has 136 valence electrons. The molecular formula is C21H21Cl2NO2. The van der Waals surface area contributed by atoms with Gasteiger partial charge in [0.25, 0.3) is 0 Å². The van der Waals surface area contributed by atoms with Crippen molar-refractivity contribution < 1.29 is 9.53 Å². The molecule has 2 aromatic carbocycles. The lowest BCUT2D eigenvalue weighted by Gasteiger charge is -2.17. The molecule has 3 rings (SSSR count). The van der Waals surface area contributed by atoms with Crippen LogP contribution < -0.4 is 4.74 Å². The van der Waals surface area contributed by atoms with E-state index in [-0.39, 0.29) is 5.78 Å². The molecule has 0 aliphatic carbocycles. The van der Waals surface area contributed by atoms with Crippen LogP contribution in [-0.2, 0) is 6.54 Å². The third-order valence-electron chi connectivity index (χ3n) is 4.52. The summed E-state index contributed by atoms with van der Waals surface area (Å²) in [4.78, 5) is 14.8. The molecule has 2 aromatic rings. The van der Waals surface area contributed by atoms with Gasteiger partial charge in [-0.3, -0.25) is 9.69 Å². The van der Waals surface area contributed by atoms with Gasteiger partial charge in [-0.1, -0.05) is 35.3 Å². The summed E-state index contributed by atoms with van der Waals surface area (Å²) in [6.45, 7) is 3.11. The predicted molar refractivity (Wildman–Crippen MR) is 107 cm³/mol. The molecule has 1 fully saturated rings. The average Bonchev–Trinajstić information content (AvgIpc) is 3.13. The molecule has 0 radical (unpaired) electrons. The van der Waals surface area contributed by atoms with E-state index < -0.39 is 0 Å². The number of allylic oxidation sites excluding steroid dienone is 1. The number of carbonyl (C=O) groups is 1. The lowest BCUT2D eigenvalue weighted by Crippen LogP contribution is -2.18. The number of hydrogen-bond acceptors (Lipinski definition) is 3. The van der Waals surface area contributed by atoms with Crippen molar-refractivity contribution in [2.75, 3.05) is 20.2 Å². The van der Waals surface area contributed by atoms with Crippen LogP contribution in [0.2, 0.25) is 10.0 Å². The van der Waals surface area contributed by atoms with Gasteiger partial charge in [0.05, 0.1) is 12.1 Å². The summed E-state index contributed by atoms with van der Waals surface area (Å²) < 4.78 is 5.48. The van der Waals surface area contributed by atoms with Crippen molar-refractivity contribution in [2.24, 2.45) is 0 Å². The molecule has 0 N–H and O–H groups in total. The molecule has 0 amide bonds. The topological polar surface area (TPSA) is 29.5 Å². The molecule has 1 aliphatic rings. The van der Waals surface area contributed by atoms with Crippen LogP contribution in [-0.4, -0.2) is 30.9 Å². The Kier molecular flexibility index (Phi) is 6.36. The minimum Gasteiger partial charge on any atom is -0.496 e. The second-order valence-electron chi connectivity index (χ2n) is 6.38. The molecule has 0 saturated carbocycles. The largest absolute Gasteiger partial charge is 0.496 e. The molecular weight excluding hydrogens is 369 g/mol. The molecule has 5 heteroatoms. The predicted octanol–water partition coefficient (Wildman–Crippen LogP) is 5.49. The zero-order chi connectivity index (χ0) is 18.5. The summed E-state index contributed by atoms with van der Waals surface area (Å²) in [6, 6.07) is 10.8. The molecule has 0 spiro atoms. The Bertz CT molecular complexity index is 827. The fourth-order valence-corrected chi connectivity index (χ4v) is 3.66. The van der Waals surface area contributed by atoms with Crippen LogP contribution in [0.15, 0.2) is 42.5 Å².